The van der Waals surface area contributed by atoms with Crippen LogP contribution in [0, 0.1) is 11.8 Å². The van der Waals surface area contributed by atoms with E-state index in [2.05, 4.69) is 23.5 Å². The number of carbonyl (C=O) groups excluding carboxylic acids is 3. The third kappa shape index (κ3) is 4.95. The molecular weight excluding hydrogens is 526 g/mol. The van der Waals surface area contributed by atoms with Crippen molar-refractivity contribution < 1.29 is 29.0 Å². The van der Waals surface area contributed by atoms with Crippen LogP contribution in [0.3, 0.4) is 0 Å². The van der Waals surface area contributed by atoms with E-state index in [1.165, 1.54) is 6.08 Å². The number of nitrogens with zero attached hydrogens (tertiary/aromatic N) is 5. The fraction of sp³-hybridized carbons (Fsp3) is 0.567. The standard InChI is InChI=1S/C30H39N5O6/c1-4-16-33(20-35-22-13-9-8-12-21(22)31-32-35)27(38)25-30-15-14-29(3,41-30)24(28(39)40-19-5-2)23(30)26(37)34(25)17-10-6-7-11-18-36/h4-5,8-9,12-13,23-25,36H,1-2,6-7,10-11,14-20H2,3H3/t23-,24+,25?,29-,30?/m0/s1. The lowest BCUT2D eigenvalue weighted by Gasteiger charge is -2.36. The monoisotopic (exact) mass is 565 g/mol. The molecule has 1 aromatic heterocycles. The first-order valence-corrected chi connectivity index (χ1v) is 14.4. The summed E-state index contributed by atoms with van der Waals surface area (Å²) in [5.41, 5.74) is -0.556. The fourth-order valence-electron chi connectivity index (χ4n) is 7.01. The number of aliphatic hydroxyl groups is 1. The Morgan fingerprint density at radius 2 is 1.98 bits per heavy atom. The van der Waals surface area contributed by atoms with Crippen molar-refractivity contribution in [3.8, 4) is 0 Å². The average Bonchev–Trinajstić information content (AvgIpc) is 3.67. The first-order valence-electron chi connectivity index (χ1n) is 14.4. The lowest BCUT2D eigenvalue weighted by Crippen LogP contribution is -2.56. The van der Waals surface area contributed by atoms with Gasteiger partial charge in [-0.2, -0.15) is 0 Å². The van der Waals surface area contributed by atoms with E-state index in [1.807, 2.05) is 31.2 Å². The van der Waals surface area contributed by atoms with Gasteiger partial charge in [-0.25, -0.2) is 4.68 Å². The van der Waals surface area contributed by atoms with E-state index >= 15 is 0 Å². The van der Waals surface area contributed by atoms with Gasteiger partial charge in [0.05, 0.1) is 17.0 Å². The van der Waals surface area contributed by atoms with Gasteiger partial charge in [-0.15, -0.1) is 11.7 Å². The van der Waals surface area contributed by atoms with Gasteiger partial charge < -0.3 is 24.4 Å². The number of likely N-dealkylation sites (tertiary alicyclic amines) is 1. The van der Waals surface area contributed by atoms with Crippen molar-refractivity contribution in [2.24, 2.45) is 11.8 Å². The molecule has 0 radical (unpaired) electrons. The molecule has 5 rings (SSSR count). The van der Waals surface area contributed by atoms with Crippen molar-refractivity contribution in [1.29, 1.82) is 0 Å². The van der Waals surface area contributed by atoms with Crippen molar-refractivity contribution in [2.75, 3.05) is 26.3 Å². The predicted octanol–water partition coefficient (Wildman–Crippen LogP) is 2.45. The smallest absolute Gasteiger partial charge is 0.313 e. The maximum absolute atomic E-state index is 14.5. The molecular formula is C30H39N5O6. The zero-order chi connectivity index (χ0) is 29.2. The molecule has 3 aliphatic heterocycles. The van der Waals surface area contributed by atoms with Gasteiger partial charge >= 0.3 is 5.97 Å². The van der Waals surface area contributed by atoms with Gasteiger partial charge in [0.2, 0.25) is 11.8 Å². The van der Waals surface area contributed by atoms with Crippen molar-refractivity contribution in [3.05, 3.63) is 49.6 Å². The zero-order valence-electron chi connectivity index (χ0n) is 23.6. The third-order valence-electron chi connectivity index (χ3n) is 8.80. The number of fused-ring (bicyclic) bond motifs is 2. The van der Waals surface area contributed by atoms with Crippen LogP contribution in [0.25, 0.3) is 11.0 Å². The van der Waals surface area contributed by atoms with Crippen LogP contribution in [-0.2, 0) is 30.5 Å². The summed E-state index contributed by atoms with van der Waals surface area (Å²) in [6, 6.07) is 6.60. The number of esters is 1. The molecule has 41 heavy (non-hydrogen) atoms. The quantitative estimate of drug-likeness (QED) is 0.210. The number of amides is 2. The van der Waals surface area contributed by atoms with E-state index in [1.54, 1.807) is 20.6 Å². The van der Waals surface area contributed by atoms with E-state index in [4.69, 9.17) is 14.6 Å². The third-order valence-corrected chi connectivity index (χ3v) is 8.80. The first kappa shape index (κ1) is 28.9. The number of aliphatic hydroxyl groups excluding tert-OH is 1. The van der Waals surface area contributed by atoms with Crippen molar-refractivity contribution in [1.82, 2.24) is 24.8 Å². The van der Waals surface area contributed by atoms with Crippen LogP contribution >= 0.6 is 0 Å². The van der Waals surface area contributed by atoms with E-state index < -0.39 is 35.0 Å². The average molecular weight is 566 g/mol. The number of unbranched alkanes of at least 4 members (excludes halogenated alkanes) is 3. The van der Waals surface area contributed by atoms with Gasteiger partial charge in [0.1, 0.15) is 36.4 Å². The summed E-state index contributed by atoms with van der Waals surface area (Å²) < 4.78 is 13.8. The normalized spacial score (nSPS) is 28.2. The second kappa shape index (κ2) is 11.7. The molecule has 2 amide bonds. The number of hydrogen-bond donors (Lipinski definition) is 1. The van der Waals surface area contributed by atoms with Gasteiger partial charge in [0.25, 0.3) is 0 Å². The Bertz CT molecular complexity index is 1330. The molecule has 3 fully saturated rings. The van der Waals surface area contributed by atoms with Crippen LogP contribution in [0.2, 0.25) is 0 Å². The van der Waals surface area contributed by atoms with Crippen LogP contribution in [0.1, 0.15) is 45.4 Å². The molecule has 1 aromatic carbocycles. The summed E-state index contributed by atoms with van der Waals surface area (Å²) in [6.07, 6.45) is 7.12. The molecule has 2 bridgehead atoms. The van der Waals surface area contributed by atoms with Gasteiger partial charge in [-0.3, -0.25) is 14.4 Å². The van der Waals surface area contributed by atoms with E-state index in [9.17, 15) is 14.4 Å². The van der Waals surface area contributed by atoms with Gasteiger partial charge in [0.15, 0.2) is 0 Å². The van der Waals surface area contributed by atoms with Gasteiger partial charge in [0, 0.05) is 19.7 Å². The van der Waals surface area contributed by atoms with Crippen LogP contribution in [-0.4, -0.2) is 91.2 Å². The van der Waals surface area contributed by atoms with Crippen LogP contribution in [0.4, 0.5) is 0 Å². The highest BCUT2D eigenvalue weighted by molar-refractivity contribution is 5.98. The maximum atomic E-state index is 14.5. The van der Waals surface area contributed by atoms with E-state index in [0.717, 1.165) is 18.4 Å². The molecule has 11 heteroatoms. The second-order valence-corrected chi connectivity index (χ2v) is 11.4. The second-order valence-electron chi connectivity index (χ2n) is 11.4. The topological polar surface area (TPSA) is 127 Å². The summed E-state index contributed by atoms with van der Waals surface area (Å²) in [4.78, 5) is 45.3. The number of rotatable bonds is 14. The van der Waals surface area contributed by atoms with Crippen molar-refractivity contribution in [2.45, 2.75) is 69.4 Å². The lowest BCUT2D eigenvalue weighted by atomic mass is 9.66. The minimum Gasteiger partial charge on any atom is -0.461 e. The Morgan fingerprint density at radius 3 is 2.73 bits per heavy atom. The molecule has 220 valence electrons. The molecule has 0 aliphatic carbocycles. The number of carbonyl (C=O) groups is 3. The highest BCUT2D eigenvalue weighted by Gasteiger charge is 2.78. The summed E-state index contributed by atoms with van der Waals surface area (Å²) in [5, 5.41) is 17.6. The minimum absolute atomic E-state index is 0.0369. The van der Waals surface area contributed by atoms with Crippen molar-refractivity contribution >= 4 is 28.8 Å². The van der Waals surface area contributed by atoms with E-state index in [-0.39, 0.29) is 38.2 Å². The highest BCUT2D eigenvalue weighted by Crippen LogP contribution is 2.63. The molecule has 3 aliphatic rings. The molecule has 11 nitrogen and oxygen atoms in total. The molecule has 0 saturated carbocycles. The Labute approximate surface area is 239 Å². The summed E-state index contributed by atoms with van der Waals surface area (Å²) in [6.45, 7) is 10.2. The Kier molecular flexibility index (Phi) is 8.28. The van der Waals surface area contributed by atoms with Crippen molar-refractivity contribution in [3.63, 3.8) is 0 Å². The molecule has 5 atom stereocenters. The Hall–Kier alpha value is -3.57. The fourth-order valence-corrected chi connectivity index (χ4v) is 7.01. The van der Waals surface area contributed by atoms with Crippen LogP contribution in [0.15, 0.2) is 49.6 Å². The first-order chi connectivity index (χ1) is 19.8. The number of hydrogen-bond acceptors (Lipinski definition) is 8. The van der Waals surface area contributed by atoms with Crippen LogP contribution in [0.5, 0.6) is 0 Å². The van der Waals surface area contributed by atoms with Gasteiger partial charge in [-0.05, 0) is 44.7 Å². The summed E-state index contributed by atoms with van der Waals surface area (Å²) in [5.74, 6) is -2.66. The Morgan fingerprint density at radius 1 is 1.20 bits per heavy atom. The summed E-state index contributed by atoms with van der Waals surface area (Å²) in [7, 11) is 0. The number of benzene rings is 1. The molecule has 1 N–H and O–H groups in total. The predicted molar refractivity (Wildman–Crippen MR) is 150 cm³/mol. The molecule has 1 spiro atoms. The molecule has 3 saturated heterocycles. The summed E-state index contributed by atoms with van der Waals surface area (Å²) >= 11 is 0. The minimum atomic E-state index is -1.14. The number of para-hydroxylation sites is 1. The van der Waals surface area contributed by atoms with Gasteiger partial charge in [-0.1, -0.05) is 48.9 Å². The maximum Gasteiger partial charge on any atom is 0.313 e. The SMILES string of the molecule is C=CCOC(=O)[C@H]1[C@H]2C(=O)N(CCCCCCO)C(C(=O)N(CC=C)Cn3nnc4ccccc43)C23CC[C@]1(C)O3. The highest BCUT2D eigenvalue weighted by atomic mass is 16.6. The lowest BCUT2D eigenvalue weighted by molar-refractivity contribution is -0.159. The molecule has 4 heterocycles. The zero-order valence-corrected chi connectivity index (χ0v) is 23.6. The largest absolute Gasteiger partial charge is 0.461 e. The van der Waals surface area contributed by atoms with Crippen LogP contribution < -0.4 is 0 Å². The van der Waals surface area contributed by atoms with E-state index in [0.29, 0.717) is 37.7 Å². The molecule has 2 unspecified atom stereocenters. The number of ether oxygens (including phenoxy) is 2. The number of aromatic nitrogens is 3. The Balaban J connectivity index is 1.49. The molecule has 2 aromatic rings.